The van der Waals surface area contributed by atoms with E-state index in [1.807, 2.05) is 0 Å². The number of aliphatic hydroxyl groups is 1. The number of amides is 1. The highest BCUT2D eigenvalue weighted by atomic mass is 16.3. The average Bonchev–Trinajstić information content (AvgIpc) is 2.35. The predicted octanol–water partition coefficient (Wildman–Crippen LogP) is 1.42. The summed E-state index contributed by atoms with van der Waals surface area (Å²) in [6.07, 6.45) is 5.27. The zero-order valence-electron chi connectivity index (χ0n) is 11.7. The van der Waals surface area contributed by atoms with Crippen LogP contribution in [0.3, 0.4) is 0 Å². The van der Waals surface area contributed by atoms with Crippen LogP contribution < -0.4 is 11.1 Å². The first-order valence-corrected chi connectivity index (χ1v) is 7.16. The Morgan fingerprint density at radius 3 is 2.61 bits per heavy atom. The van der Waals surface area contributed by atoms with E-state index in [2.05, 4.69) is 12.2 Å². The highest BCUT2D eigenvalue weighted by Crippen LogP contribution is 2.38. The number of aliphatic hydroxyl groups excluding tert-OH is 1. The minimum Gasteiger partial charge on any atom is -0.393 e. The van der Waals surface area contributed by atoms with Gasteiger partial charge in [0, 0.05) is 13.1 Å². The topological polar surface area (TPSA) is 75.3 Å². The molecule has 4 N–H and O–H groups in total. The summed E-state index contributed by atoms with van der Waals surface area (Å²) in [6.45, 7) is 5.09. The van der Waals surface area contributed by atoms with Crippen LogP contribution >= 0.6 is 0 Å². The molecule has 18 heavy (non-hydrogen) atoms. The summed E-state index contributed by atoms with van der Waals surface area (Å²) in [5, 5.41) is 12.1. The standard InChI is InChI=1S/C14H28N2O2/c1-11-5-7-14(10-15,8-6-11)13(18)16-9-3-4-12(2)17/h11-12,17H,3-10,15H2,1-2H3,(H,16,18). The molecule has 1 rings (SSSR count). The number of rotatable bonds is 6. The summed E-state index contributed by atoms with van der Waals surface area (Å²) in [4.78, 5) is 12.2. The number of nitrogens with one attached hydrogen (secondary N) is 1. The molecule has 1 fully saturated rings. The average molecular weight is 256 g/mol. The highest BCUT2D eigenvalue weighted by Gasteiger charge is 2.39. The van der Waals surface area contributed by atoms with Crippen LogP contribution in [0.2, 0.25) is 0 Å². The van der Waals surface area contributed by atoms with Gasteiger partial charge in [-0.2, -0.15) is 0 Å². The summed E-state index contributed by atoms with van der Waals surface area (Å²) < 4.78 is 0. The first-order chi connectivity index (χ1) is 8.50. The normalized spacial score (nSPS) is 29.9. The maximum absolute atomic E-state index is 12.2. The van der Waals surface area contributed by atoms with Crippen molar-refractivity contribution in [3.8, 4) is 0 Å². The molecule has 0 radical (unpaired) electrons. The summed E-state index contributed by atoms with van der Waals surface area (Å²) >= 11 is 0. The van der Waals surface area contributed by atoms with Gasteiger partial charge in [-0.25, -0.2) is 0 Å². The predicted molar refractivity (Wildman–Crippen MR) is 73.0 cm³/mol. The maximum Gasteiger partial charge on any atom is 0.227 e. The fourth-order valence-electron chi connectivity index (χ4n) is 2.63. The SMILES string of the molecule is CC(O)CCCNC(=O)C1(CN)CCC(C)CC1. The fraction of sp³-hybridized carbons (Fsp3) is 0.929. The molecular weight excluding hydrogens is 228 g/mol. The maximum atomic E-state index is 12.2. The first kappa shape index (κ1) is 15.4. The molecule has 4 nitrogen and oxygen atoms in total. The molecule has 1 atom stereocenters. The van der Waals surface area contributed by atoms with Crippen LogP contribution in [-0.2, 0) is 4.79 Å². The summed E-state index contributed by atoms with van der Waals surface area (Å²) in [7, 11) is 0. The smallest absolute Gasteiger partial charge is 0.227 e. The molecule has 1 aliphatic carbocycles. The minimum absolute atomic E-state index is 0.113. The Bertz CT molecular complexity index is 259. The zero-order chi connectivity index (χ0) is 13.6. The molecule has 0 heterocycles. The molecule has 0 aromatic rings. The number of hydrogen-bond acceptors (Lipinski definition) is 3. The van der Waals surface area contributed by atoms with Crippen molar-refractivity contribution in [2.45, 2.75) is 58.5 Å². The van der Waals surface area contributed by atoms with Gasteiger partial charge in [-0.05, 0) is 51.4 Å². The third-order valence-electron chi connectivity index (χ3n) is 4.19. The third-order valence-corrected chi connectivity index (χ3v) is 4.19. The molecule has 1 aliphatic rings. The minimum atomic E-state index is -0.336. The Morgan fingerprint density at radius 1 is 1.50 bits per heavy atom. The van der Waals surface area contributed by atoms with Gasteiger partial charge in [-0.1, -0.05) is 6.92 Å². The van der Waals surface area contributed by atoms with Gasteiger partial charge in [-0.15, -0.1) is 0 Å². The number of hydrogen-bond donors (Lipinski definition) is 3. The molecule has 0 aliphatic heterocycles. The Balaban J connectivity index is 2.37. The van der Waals surface area contributed by atoms with Crippen molar-refractivity contribution in [2.75, 3.05) is 13.1 Å². The van der Waals surface area contributed by atoms with Crippen molar-refractivity contribution >= 4 is 5.91 Å². The first-order valence-electron chi connectivity index (χ1n) is 7.16. The second kappa shape index (κ2) is 7.10. The van der Waals surface area contributed by atoms with Crippen LogP contribution in [0.15, 0.2) is 0 Å². The lowest BCUT2D eigenvalue weighted by Crippen LogP contribution is -2.48. The summed E-state index contributed by atoms with van der Waals surface area (Å²) in [5.41, 5.74) is 5.50. The van der Waals surface area contributed by atoms with E-state index in [1.165, 1.54) is 0 Å². The molecule has 0 saturated heterocycles. The van der Waals surface area contributed by atoms with Crippen molar-refractivity contribution in [1.29, 1.82) is 0 Å². The van der Waals surface area contributed by atoms with E-state index in [1.54, 1.807) is 6.92 Å². The molecule has 0 aromatic heterocycles. The molecule has 1 unspecified atom stereocenters. The lowest BCUT2D eigenvalue weighted by molar-refractivity contribution is -0.132. The van der Waals surface area contributed by atoms with Gasteiger partial charge >= 0.3 is 0 Å². The Morgan fingerprint density at radius 2 is 2.11 bits per heavy atom. The Kier molecular flexibility index (Phi) is 6.09. The molecule has 0 aromatic carbocycles. The summed E-state index contributed by atoms with van der Waals surface area (Å²) in [6, 6.07) is 0. The monoisotopic (exact) mass is 256 g/mol. The number of nitrogens with two attached hydrogens (primary N) is 1. The molecule has 4 heteroatoms. The number of carbonyl (C=O) groups is 1. The molecular formula is C14H28N2O2. The highest BCUT2D eigenvalue weighted by molar-refractivity contribution is 5.83. The van der Waals surface area contributed by atoms with Crippen LogP contribution in [0, 0.1) is 11.3 Å². The van der Waals surface area contributed by atoms with Gasteiger partial charge in [0.1, 0.15) is 0 Å². The van der Waals surface area contributed by atoms with Crippen molar-refractivity contribution in [2.24, 2.45) is 17.1 Å². The lowest BCUT2D eigenvalue weighted by Gasteiger charge is -2.37. The molecule has 106 valence electrons. The van der Waals surface area contributed by atoms with E-state index in [0.29, 0.717) is 19.0 Å². The van der Waals surface area contributed by atoms with Crippen molar-refractivity contribution < 1.29 is 9.90 Å². The lowest BCUT2D eigenvalue weighted by atomic mass is 9.70. The second-order valence-corrected chi connectivity index (χ2v) is 5.91. The van der Waals surface area contributed by atoms with Gasteiger partial charge in [0.2, 0.25) is 5.91 Å². The van der Waals surface area contributed by atoms with E-state index in [0.717, 1.165) is 38.5 Å². The quantitative estimate of drug-likeness (QED) is 0.629. The van der Waals surface area contributed by atoms with E-state index >= 15 is 0 Å². The number of carbonyl (C=O) groups excluding carboxylic acids is 1. The molecule has 1 saturated carbocycles. The third kappa shape index (κ3) is 4.25. The van der Waals surface area contributed by atoms with E-state index in [4.69, 9.17) is 10.8 Å². The van der Waals surface area contributed by atoms with Crippen LogP contribution in [0.1, 0.15) is 52.4 Å². The molecule has 0 spiro atoms. The van der Waals surface area contributed by atoms with E-state index in [9.17, 15) is 4.79 Å². The van der Waals surface area contributed by atoms with Gasteiger partial charge in [0.25, 0.3) is 0 Å². The van der Waals surface area contributed by atoms with Crippen molar-refractivity contribution in [3.63, 3.8) is 0 Å². The van der Waals surface area contributed by atoms with Crippen LogP contribution in [-0.4, -0.2) is 30.2 Å². The van der Waals surface area contributed by atoms with Crippen molar-refractivity contribution in [1.82, 2.24) is 5.32 Å². The Hall–Kier alpha value is -0.610. The fourth-order valence-corrected chi connectivity index (χ4v) is 2.63. The van der Waals surface area contributed by atoms with Crippen LogP contribution in [0.25, 0.3) is 0 Å². The van der Waals surface area contributed by atoms with Gasteiger partial charge in [0.15, 0.2) is 0 Å². The zero-order valence-corrected chi connectivity index (χ0v) is 11.7. The molecule has 0 bridgehead atoms. The van der Waals surface area contributed by atoms with Crippen LogP contribution in [0.5, 0.6) is 0 Å². The van der Waals surface area contributed by atoms with Crippen LogP contribution in [0.4, 0.5) is 0 Å². The second-order valence-electron chi connectivity index (χ2n) is 5.91. The summed E-state index contributed by atoms with van der Waals surface area (Å²) in [5.74, 6) is 0.829. The van der Waals surface area contributed by atoms with Gasteiger partial charge in [0.05, 0.1) is 11.5 Å². The molecule has 1 amide bonds. The van der Waals surface area contributed by atoms with Gasteiger partial charge in [-0.3, -0.25) is 4.79 Å². The van der Waals surface area contributed by atoms with E-state index in [-0.39, 0.29) is 17.4 Å². The van der Waals surface area contributed by atoms with E-state index < -0.39 is 0 Å². The van der Waals surface area contributed by atoms with Crippen molar-refractivity contribution in [3.05, 3.63) is 0 Å². The largest absolute Gasteiger partial charge is 0.393 e. The Labute approximate surface area is 110 Å². The van der Waals surface area contributed by atoms with Gasteiger partial charge < -0.3 is 16.2 Å².